The van der Waals surface area contributed by atoms with E-state index < -0.39 is 106 Å². The van der Waals surface area contributed by atoms with Crippen molar-refractivity contribution in [2.24, 2.45) is 33.4 Å². The number of ether oxygens (including phenoxy) is 6. The highest BCUT2D eigenvalue weighted by atomic mass is 16.6. The number of benzene rings is 9. The van der Waals surface area contributed by atoms with Gasteiger partial charge in [0.1, 0.15) is 37.9 Å². The number of pyridine rings is 3. The SMILES string of the molecule is CC(=N)CCc1ccnc(/C=C2/C(=O)N3C2C[C@@](C)(COC(N)=O)[C@@H]3C(=O)OC(c2ccccc2)c2ccccc2)c1.C[C@@]1(COC(N)=O)CC2/C(=C\c3cc(CNC(c4ccccc4)(c4ccccc4)c4ccccc4)ccn3)C(=O)N2[C@H]1C(=O)OC(c1ccccc1)c1ccccc1.C[C@@]1(COC(N)=O)CC2/C(=C\c3cc(CO)ccn3)C(=O)N2[C@H]1C(=O)OC(c1ccccc1)c1ccccc1. The van der Waals surface area contributed by atoms with E-state index in [0.29, 0.717) is 83.7 Å². The number of nitrogens with one attached hydrogen (secondary N) is 2. The number of nitrogens with zero attached hydrogens (tertiary/aromatic N) is 6. The Labute approximate surface area is 805 Å². The van der Waals surface area contributed by atoms with Crippen molar-refractivity contribution in [3.63, 3.8) is 0 Å². The summed E-state index contributed by atoms with van der Waals surface area (Å²) in [5, 5.41) is 21.1. The second kappa shape index (κ2) is 42.4. The third-order valence-corrected chi connectivity index (χ3v) is 26.5. The van der Waals surface area contributed by atoms with Crippen molar-refractivity contribution in [2.45, 2.75) is 133 Å². The van der Waals surface area contributed by atoms with Gasteiger partial charge in [0.25, 0.3) is 17.7 Å². The highest BCUT2D eigenvalue weighted by Crippen LogP contribution is 2.55. The lowest BCUT2D eigenvalue weighted by atomic mass is 9.77. The Morgan fingerprint density at radius 1 is 0.403 bits per heavy atom. The Bertz CT molecular complexity index is 6360. The fourth-order valence-corrected chi connectivity index (χ4v) is 19.8. The molecule has 0 radical (unpaired) electrons. The molecule has 6 amide bonds. The number of aromatic nitrogens is 3. The van der Waals surface area contributed by atoms with Gasteiger partial charge < -0.3 is 70.8 Å². The van der Waals surface area contributed by atoms with Crippen LogP contribution in [0, 0.1) is 21.7 Å². The highest BCUT2D eigenvalue weighted by molar-refractivity contribution is 6.10. The van der Waals surface area contributed by atoms with E-state index in [1.807, 2.05) is 238 Å². The van der Waals surface area contributed by atoms with Gasteiger partial charge in [-0.2, -0.15) is 0 Å². The van der Waals surface area contributed by atoms with Crippen LogP contribution in [-0.4, -0.2) is 150 Å². The molecule has 9 heterocycles. The Kier molecular flexibility index (Phi) is 29.3. The lowest BCUT2D eigenvalue weighted by Gasteiger charge is -2.41. The van der Waals surface area contributed by atoms with E-state index >= 15 is 0 Å². The third kappa shape index (κ3) is 21.1. The molecule has 139 heavy (non-hydrogen) atoms. The van der Waals surface area contributed by atoms with Crippen molar-refractivity contribution in [3.8, 4) is 0 Å². The number of rotatable bonds is 31. The minimum atomic E-state index is -1.03. The molecule has 9 atom stereocenters. The average molecular weight is 1860 g/mol. The van der Waals surface area contributed by atoms with Gasteiger partial charge in [-0.05, 0) is 160 Å². The Morgan fingerprint density at radius 2 is 0.655 bits per heavy atom. The Balaban J connectivity index is 0.000000155. The van der Waals surface area contributed by atoms with Crippen LogP contribution in [0.1, 0.15) is 156 Å². The van der Waals surface area contributed by atoms with Crippen LogP contribution in [0.4, 0.5) is 14.4 Å². The molecule has 0 aliphatic carbocycles. The molecule has 3 aromatic heterocycles. The monoisotopic (exact) mass is 1860 g/mol. The van der Waals surface area contributed by atoms with Crippen molar-refractivity contribution in [1.29, 1.82) is 5.41 Å². The molecule has 6 aliphatic rings. The van der Waals surface area contributed by atoms with Crippen LogP contribution in [0.15, 0.2) is 345 Å². The number of carbonyl (C=O) groups excluding carboxylic acids is 9. The number of hydrogen-bond donors (Lipinski definition) is 6. The van der Waals surface area contributed by atoms with Crippen molar-refractivity contribution < 1.29 is 76.7 Å². The molecule has 12 aromatic rings. The first-order chi connectivity index (χ1) is 67.2. The van der Waals surface area contributed by atoms with Crippen molar-refractivity contribution in [2.75, 3.05) is 19.8 Å². The summed E-state index contributed by atoms with van der Waals surface area (Å²) in [6, 6.07) is 94.6. The molecular formula is C112H107N11O16. The molecule has 27 nitrogen and oxygen atoms in total. The number of primary amides is 3. The molecule has 6 fully saturated rings. The topological polar surface area (TPSA) is 392 Å². The largest absolute Gasteiger partial charge is 0.451 e. The second-order valence-corrected chi connectivity index (χ2v) is 36.4. The maximum Gasteiger partial charge on any atom is 0.404 e. The fourth-order valence-electron chi connectivity index (χ4n) is 19.8. The Morgan fingerprint density at radius 3 is 0.921 bits per heavy atom. The molecular weight excluding hydrogens is 1760 g/mol. The van der Waals surface area contributed by atoms with E-state index in [9.17, 15) is 48.3 Å². The van der Waals surface area contributed by atoms with Crippen LogP contribution in [0.25, 0.3) is 18.2 Å². The highest BCUT2D eigenvalue weighted by Gasteiger charge is 2.66. The van der Waals surface area contributed by atoms with Gasteiger partial charge in [-0.25, -0.2) is 28.8 Å². The van der Waals surface area contributed by atoms with Crippen LogP contribution >= 0.6 is 0 Å². The molecule has 6 saturated heterocycles. The number of aryl methyl sites for hydroxylation is 1. The molecule has 9 N–H and O–H groups in total. The van der Waals surface area contributed by atoms with E-state index in [1.54, 1.807) is 67.7 Å². The van der Waals surface area contributed by atoms with E-state index in [2.05, 4.69) is 93.1 Å². The standard InChI is InChI=1S/C49H44N4O5.C33H34N4O5.C30H29N3O6/c1-48(33-57-47(50)56)31-42-41(45(54)53(42)44(48)46(55)58-43(35-17-7-2-8-18-35)36-19-9-3-10-20-36)30-40-29-34(27-28-51-40)32-52-49(37-21-11-4-12-22-37,38-23-13-5-14-24-38)39-25-15-6-16-26-39;1-21(34)13-14-22-15-16-36-25(17-22)18-26-27-19-33(2,20-41-32(35)40)29(37(27)30(26)38)31(39)42-28(23-9-5-3-6-10-23)24-11-7-4-8-12-24;1-30(18-38-29(31)37)16-24-23(15-22-14-19(17-34)12-13-32-22)27(35)33(24)26(30)28(36)39-25(20-8-4-2-5-9-20)21-10-6-3-7-11-21/h2-30,42-44,52H,31-33H2,1H3,(H2,50,56);3-12,15-18,27-29,34H,13-14,19-20H2,1-2H3,(H2,35,40);2-15,24-26,34H,16-18H2,1H3,(H2,31,37)/b41-30+;26-18+,34-21?;23-15+/t42?,44-,48-;27?,29-,33-;24?,26-,30-/m000/s1. The van der Waals surface area contributed by atoms with Gasteiger partial charge in [-0.1, -0.05) is 294 Å². The maximum absolute atomic E-state index is 14.3. The fraction of sp³-hybridized carbons (Fsp3) is 0.241. The van der Waals surface area contributed by atoms with E-state index in [-0.39, 0.29) is 50.2 Å². The van der Waals surface area contributed by atoms with Gasteiger partial charge in [-0.15, -0.1) is 0 Å². The third-order valence-electron chi connectivity index (χ3n) is 26.5. The van der Waals surface area contributed by atoms with Crippen molar-refractivity contribution in [3.05, 3.63) is 429 Å². The van der Waals surface area contributed by atoms with Gasteiger partial charge in [0.15, 0.2) is 18.3 Å². The zero-order valence-electron chi connectivity index (χ0n) is 77.2. The minimum absolute atomic E-state index is 0.145. The first kappa shape index (κ1) is 96.0. The molecule has 9 aromatic carbocycles. The molecule has 27 heteroatoms. The van der Waals surface area contributed by atoms with E-state index in [4.69, 9.17) is 51.0 Å². The summed E-state index contributed by atoms with van der Waals surface area (Å²) in [5.41, 5.74) is 27.0. The van der Waals surface area contributed by atoms with Crippen LogP contribution < -0.4 is 22.5 Å². The summed E-state index contributed by atoms with van der Waals surface area (Å²) in [5.74, 6) is -2.68. The summed E-state index contributed by atoms with van der Waals surface area (Å²) in [4.78, 5) is 136. The molecule has 0 saturated carbocycles. The zero-order valence-corrected chi connectivity index (χ0v) is 77.2. The number of fused-ring (bicyclic) bond motifs is 3. The minimum Gasteiger partial charge on any atom is -0.451 e. The molecule has 0 bridgehead atoms. The van der Waals surface area contributed by atoms with E-state index in [1.165, 1.54) is 9.80 Å². The quantitative estimate of drug-likeness (QED) is 0.00587. The van der Waals surface area contributed by atoms with Crippen molar-refractivity contribution >= 4 is 77.8 Å². The number of carbonyl (C=O) groups is 9. The zero-order chi connectivity index (χ0) is 97.5. The molecule has 18 rings (SSSR count). The molecule has 0 spiro atoms. The number of nitrogens with two attached hydrogens (primary N) is 3. The summed E-state index contributed by atoms with van der Waals surface area (Å²) >= 11 is 0. The van der Waals surface area contributed by atoms with Crippen LogP contribution in [-0.2, 0) is 82.3 Å². The number of esters is 3. The average Bonchev–Trinajstić information content (AvgIpc) is 1.56. The summed E-state index contributed by atoms with van der Waals surface area (Å²) in [6.07, 6.45) is 7.68. The number of hydrogen-bond acceptors (Lipinski definition) is 21. The first-order valence-corrected chi connectivity index (χ1v) is 46.0. The summed E-state index contributed by atoms with van der Waals surface area (Å²) in [7, 11) is 0. The van der Waals surface area contributed by atoms with Gasteiger partial charge in [0.2, 0.25) is 0 Å². The van der Waals surface area contributed by atoms with Gasteiger partial charge in [0.05, 0.1) is 47.4 Å². The van der Waals surface area contributed by atoms with Gasteiger partial charge in [-0.3, -0.25) is 34.7 Å². The Hall–Kier alpha value is -16.1. The lowest BCUT2D eigenvalue weighted by Crippen LogP contribution is -2.58. The second-order valence-electron chi connectivity index (χ2n) is 36.4. The lowest BCUT2D eigenvalue weighted by molar-refractivity contribution is -0.163. The number of amides is 6. The predicted molar refractivity (Wildman–Crippen MR) is 521 cm³/mol. The van der Waals surface area contributed by atoms with Crippen molar-refractivity contribution in [1.82, 2.24) is 35.0 Å². The summed E-state index contributed by atoms with van der Waals surface area (Å²) < 4.78 is 34.3. The molecule has 706 valence electrons. The smallest absolute Gasteiger partial charge is 0.404 e. The maximum atomic E-state index is 14.3. The van der Waals surface area contributed by atoms with Gasteiger partial charge >= 0.3 is 36.2 Å². The van der Waals surface area contributed by atoms with Gasteiger partial charge in [0, 0.05) is 63.8 Å². The van der Waals surface area contributed by atoms with Crippen LogP contribution in [0.2, 0.25) is 0 Å². The number of β-lactam (4-membered cyclic amide) rings is 3. The van der Waals surface area contributed by atoms with Crippen LogP contribution in [0.5, 0.6) is 0 Å². The molecule has 3 unspecified atom stereocenters. The number of aliphatic hydroxyl groups is 1. The molecule has 6 aliphatic heterocycles. The summed E-state index contributed by atoms with van der Waals surface area (Å²) in [6.45, 7) is 7.07. The van der Waals surface area contributed by atoms with E-state index in [0.717, 1.165) is 61.2 Å². The number of aliphatic hydroxyl groups excluding tert-OH is 1. The normalized spacial score (nSPS) is 21.2. The first-order valence-electron chi connectivity index (χ1n) is 46.0. The predicted octanol–water partition coefficient (Wildman–Crippen LogP) is 16.2. The van der Waals surface area contributed by atoms with Crippen LogP contribution in [0.3, 0.4) is 0 Å².